The lowest BCUT2D eigenvalue weighted by Gasteiger charge is -1.91. The SMILES string of the molecule is COC(=O)c1cc2c(s1)C=NC2. The van der Waals surface area contributed by atoms with Crippen molar-refractivity contribution in [1.82, 2.24) is 0 Å². The lowest BCUT2D eigenvalue weighted by Crippen LogP contribution is -1.97. The maximum atomic E-state index is 11.1. The topological polar surface area (TPSA) is 38.7 Å². The molecular weight excluding hydrogens is 174 g/mol. The second-order valence-electron chi connectivity index (χ2n) is 2.46. The molecular formula is C8H7NO2S. The molecule has 2 rings (SSSR count). The van der Waals surface area contributed by atoms with E-state index in [1.54, 1.807) is 6.21 Å². The molecule has 0 amide bonds. The van der Waals surface area contributed by atoms with E-state index in [4.69, 9.17) is 0 Å². The predicted molar refractivity (Wildman–Crippen MR) is 47.0 cm³/mol. The Balaban J connectivity index is 2.36. The predicted octanol–water partition coefficient (Wildman–Crippen LogP) is 1.47. The summed E-state index contributed by atoms with van der Waals surface area (Å²) >= 11 is 1.43. The molecule has 4 heteroatoms. The van der Waals surface area contributed by atoms with Gasteiger partial charge in [-0.05, 0) is 11.6 Å². The second-order valence-corrected chi connectivity index (χ2v) is 3.55. The molecule has 0 N–H and O–H groups in total. The van der Waals surface area contributed by atoms with Crippen LogP contribution in [0.5, 0.6) is 0 Å². The van der Waals surface area contributed by atoms with Gasteiger partial charge in [0.25, 0.3) is 0 Å². The zero-order valence-corrected chi connectivity index (χ0v) is 7.35. The largest absolute Gasteiger partial charge is 0.465 e. The van der Waals surface area contributed by atoms with Gasteiger partial charge >= 0.3 is 5.97 Å². The minimum absolute atomic E-state index is 0.261. The van der Waals surface area contributed by atoms with E-state index < -0.39 is 0 Å². The number of carbonyl (C=O) groups excluding carboxylic acids is 1. The van der Waals surface area contributed by atoms with Gasteiger partial charge < -0.3 is 4.74 Å². The Morgan fingerprint density at radius 2 is 2.58 bits per heavy atom. The summed E-state index contributed by atoms with van der Waals surface area (Å²) in [5.74, 6) is -0.261. The summed E-state index contributed by atoms with van der Waals surface area (Å²) < 4.78 is 4.60. The van der Waals surface area contributed by atoms with Gasteiger partial charge in [-0.15, -0.1) is 11.3 Å². The Kier molecular flexibility index (Phi) is 1.69. The first-order valence-electron chi connectivity index (χ1n) is 3.52. The first-order valence-corrected chi connectivity index (χ1v) is 4.34. The van der Waals surface area contributed by atoms with Crippen molar-refractivity contribution in [2.45, 2.75) is 6.54 Å². The summed E-state index contributed by atoms with van der Waals surface area (Å²) in [6.45, 7) is 0.697. The molecule has 62 valence electrons. The zero-order valence-electron chi connectivity index (χ0n) is 6.53. The highest BCUT2D eigenvalue weighted by Crippen LogP contribution is 2.25. The number of thiophene rings is 1. The minimum atomic E-state index is -0.261. The molecule has 1 aliphatic heterocycles. The van der Waals surface area contributed by atoms with Crippen molar-refractivity contribution in [3.63, 3.8) is 0 Å². The Hall–Kier alpha value is -1.16. The number of aliphatic imine (C=N–C) groups is 1. The highest BCUT2D eigenvalue weighted by molar-refractivity contribution is 7.15. The Labute approximate surface area is 73.7 Å². The van der Waals surface area contributed by atoms with E-state index in [1.165, 1.54) is 18.4 Å². The number of nitrogens with zero attached hydrogens (tertiary/aromatic N) is 1. The fourth-order valence-corrected chi connectivity index (χ4v) is 2.09. The molecule has 2 heterocycles. The lowest BCUT2D eigenvalue weighted by atomic mass is 10.3. The number of fused-ring (bicyclic) bond motifs is 1. The van der Waals surface area contributed by atoms with Gasteiger partial charge in [-0.25, -0.2) is 4.79 Å². The van der Waals surface area contributed by atoms with Crippen LogP contribution in [0.1, 0.15) is 20.1 Å². The number of ether oxygens (including phenoxy) is 1. The molecule has 0 atom stereocenters. The van der Waals surface area contributed by atoms with Crippen molar-refractivity contribution in [2.75, 3.05) is 7.11 Å². The Morgan fingerprint density at radius 3 is 3.25 bits per heavy atom. The van der Waals surface area contributed by atoms with Crippen LogP contribution in [0, 0.1) is 0 Å². The maximum absolute atomic E-state index is 11.1. The first-order chi connectivity index (χ1) is 5.81. The minimum Gasteiger partial charge on any atom is -0.465 e. The van der Waals surface area contributed by atoms with Crippen LogP contribution in [0.15, 0.2) is 11.1 Å². The van der Waals surface area contributed by atoms with Crippen molar-refractivity contribution in [3.05, 3.63) is 21.4 Å². The molecule has 0 bridgehead atoms. The molecule has 0 fully saturated rings. The molecule has 1 aliphatic rings. The van der Waals surface area contributed by atoms with Crippen LogP contribution in [0.25, 0.3) is 0 Å². The van der Waals surface area contributed by atoms with E-state index in [1.807, 2.05) is 6.07 Å². The van der Waals surface area contributed by atoms with E-state index in [0.29, 0.717) is 11.4 Å². The van der Waals surface area contributed by atoms with Crippen molar-refractivity contribution in [2.24, 2.45) is 4.99 Å². The highest BCUT2D eigenvalue weighted by Gasteiger charge is 2.15. The average molecular weight is 181 g/mol. The van der Waals surface area contributed by atoms with Gasteiger partial charge in [-0.3, -0.25) is 4.99 Å². The third-order valence-corrected chi connectivity index (χ3v) is 2.79. The summed E-state index contributed by atoms with van der Waals surface area (Å²) in [7, 11) is 1.39. The van der Waals surface area contributed by atoms with E-state index in [-0.39, 0.29) is 5.97 Å². The van der Waals surface area contributed by atoms with Gasteiger partial charge in [0.05, 0.1) is 18.5 Å². The number of hydrogen-bond donors (Lipinski definition) is 0. The average Bonchev–Trinajstić information content (AvgIpc) is 2.60. The van der Waals surface area contributed by atoms with Gasteiger partial charge in [0.2, 0.25) is 0 Å². The van der Waals surface area contributed by atoms with E-state index in [9.17, 15) is 4.79 Å². The van der Waals surface area contributed by atoms with Gasteiger partial charge in [0.1, 0.15) is 4.88 Å². The molecule has 0 radical (unpaired) electrons. The molecule has 0 saturated heterocycles. The number of rotatable bonds is 1. The van der Waals surface area contributed by atoms with Crippen LogP contribution in [-0.2, 0) is 11.3 Å². The standard InChI is InChI=1S/C8H7NO2S/c1-11-8(10)6-2-5-3-9-4-7(5)12-6/h2,4H,3H2,1H3. The summed E-state index contributed by atoms with van der Waals surface area (Å²) in [4.78, 5) is 16.9. The maximum Gasteiger partial charge on any atom is 0.348 e. The summed E-state index contributed by atoms with van der Waals surface area (Å²) in [6, 6.07) is 1.85. The zero-order chi connectivity index (χ0) is 8.55. The fourth-order valence-electron chi connectivity index (χ4n) is 1.10. The van der Waals surface area contributed by atoms with Crippen LogP contribution in [-0.4, -0.2) is 19.3 Å². The molecule has 1 aromatic rings. The quantitative estimate of drug-likeness (QED) is 0.615. The Bertz CT molecular complexity index is 354. The first kappa shape index (κ1) is 7.49. The number of methoxy groups -OCH3 is 1. The smallest absolute Gasteiger partial charge is 0.348 e. The molecule has 12 heavy (non-hydrogen) atoms. The normalized spacial score (nSPS) is 13.1. The lowest BCUT2D eigenvalue weighted by molar-refractivity contribution is 0.0606. The molecule has 0 saturated carbocycles. The molecule has 0 aromatic carbocycles. The molecule has 0 unspecified atom stereocenters. The van der Waals surface area contributed by atoms with Crippen LogP contribution in [0.3, 0.4) is 0 Å². The number of esters is 1. The van der Waals surface area contributed by atoms with Crippen LogP contribution >= 0.6 is 11.3 Å². The van der Waals surface area contributed by atoms with Crippen LogP contribution in [0.2, 0.25) is 0 Å². The van der Waals surface area contributed by atoms with Crippen LogP contribution < -0.4 is 0 Å². The molecule has 1 aromatic heterocycles. The molecule has 3 nitrogen and oxygen atoms in total. The van der Waals surface area contributed by atoms with E-state index in [0.717, 1.165) is 10.4 Å². The van der Waals surface area contributed by atoms with Gasteiger partial charge in [0, 0.05) is 6.21 Å². The summed E-state index contributed by atoms with van der Waals surface area (Å²) in [5, 5.41) is 0. The van der Waals surface area contributed by atoms with Crippen molar-refractivity contribution < 1.29 is 9.53 Å². The van der Waals surface area contributed by atoms with Gasteiger partial charge in [-0.1, -0.05) is 0 Å². The molecule has 0 aliphatic carbocycles. The van der Waals surface area contributed by atoms with Crippen molar-refractivity contribution >= 4 is 23.5 Å². The summed E-state index contributed by atoms with van der Waals surface area (Å²) in [5.41, 5.74) is 1.13. The Morgan fingerprint density at radius 1 is 1.75 bits per heavy atom. The second kappa shape index (κ2) is 2.71. The van der Waals surface area contributed by atoms with Gasteiger partial charge in [-0.2, -0.15) is 0 Å². The monoisotopic (exact) mass is 181 g/mol. The van der Waals surface area contributed by atoms with E-state index >= 15 is 0 Å². The summed E-state index contributed by atoms with van der Waals surface area (Å²) in [6.07, 6.45) is 1.80. The van der Waals surface area contributed by atoms with Crippen LogP contribution in [0.4, 0.5) is 0 Å². The highest BCUT2D eigenvalue weighted by atomic mass is 32.1. The third kappa shape index (κ3) is 1.04. The molecule has 0 spiro atoms. The number of carbonyl (C=O) groups is 1. The fraction of sp³-hybridized carbons (Fsp3) is 0.250. The van der Waals surface area contributed by atoms with Crippen molar-refractivity contribution in [3.8, 4) is 0 Å². The van der Waals surface area contributed by atoms with E-state index in [2.05, 4.69) is 9.73 Å². The third-order valence-electron chi connectivity index (χ3n) is 1.70. The van der Waals surface area contributed by atoms with Gasteiger partial charge in [0.15, 0.2) is 0 Å². The van der Waals surface area contributed by atoms with Crippen molar-refractivity contribution in [1.29, 1.82) is 0 Å². The number of hydrogen-bond acceptors (Lipinski definition) is 4.